The van der Waals surface area contributed by atoms with E-state index in [2.05, 4.69) is 45.8 Å². The summed E-state index contributed by atoms with van der Waals surface area (Å²) >= 11 is 0. The zero-order valence-corrected chi connectivity index (χ0v) is 9.22. The number of rotatable bonds is 5. The molecule has 0 rings (SSSR count). The van der Waals surface area contributed by atoms with Gasteiger partial charge in [-0.2, -0.15) is 0 Å². The van der Waals surface area contributed by atoms with Gasteiger partial charge in [0.25, 0.3) is 0 Å². The van der Waals surface area contributed by atoms with Crippen LogP contribution in [0.2, 0.25) is 0 Å². The Hall–Kier alpha value is -0.300. The first-order chi connectivity index (χ1) is 5.52. The highest BCUT2D eigenvalue weighted by Crippen LogP contribution is 2.09. The average molecular weight is 169 g/mol. The molecule has 0 heterocycles. The molecule has 0 radical (unpaired) electrons. The van der Waals surface area contributed by atoms with Crippen molar-refractivity contribution in [1.82, 2.24) is 4.90 Å². The fourth-order valence-electron chi connectivity index (χ4n) is 1.30. The Bertz CT molecular complexity index is 134. The van der Waals surface area contributed by atoms with Crippen LogP contribution in [-0.2, 0) is 0 Å². The van der Waals surface area contributed by atoms with Crippen LogP contribution in [0, 0.1) is 5.92 Å². The predicted molar refractivity (Wildman–Crippen MR) is 56.4 cm³/mol. The molecule has 0 aliphatic heterocycles. The Kier molecular flexibility index (Phi) is 6.09. The number of allylic oxidation sites excluding steroid dienone is 1. The van der Waals surface area contributed by atoms with Gasteiger partial charge in [0, 0.05) is 6.54 Å². The Morgan fingerprint density at radius 3 is 2.33 bits per heavy atom. The van der Waals surface area contributed by atoms with Gasteiger partial charge in [0.05, 0.1) is 0 Å². The van der Waals surface area contributed by atoms with Crippen molar-refractivity contribution in [1.29, 1.82) is 0 Å². The van der Waals surface area contributed by atoms with E-state index in [-0.39, 0.29) is 0 Å². The van der Waals surface area contributed by atoms with Crippen molar-refractivity contribution in [2.45, 2.75) is 33.6 Å². The largest absolute Gasteiger partial charge is 0.309 e. The molecular formula is C11H23N. The van der Waals surface area contributed by atoms with Crippen molar-refractivity contribution >= 4 is 0 Å². The molecule has 0 fully saturated rings. The van der Waals surface area contributed by atoms with Gasteiger partial charge >= 0.3 is 0 Å². The Balaban J connectivity index is 3.55. The highest BCUT2D eigenvalue weighted by molar-refractivity contribution is 4.98. The Morgan fingerprint density at radius 2 is 1.92 bits per heavy atom. The molecule has 1 nitrogen and oxygen atoms in total. The van der Waals surface area contributed by atoms with Crippen LogP contribution in [0.15, 0.2) is 11.6 Å². The van der Waals surface area contributed by atoms with E-state index in [1.165, 1.54) is 18.4 Å². The van der Waals surface area contributed by atoms with Crippen molar-refractivity contribution in [3.63, 3.8) is 0 Å². The zero-order chi connectivity index (χ0) is 9.56. The van der Waals surface area contributed by atoms with Crippen LogP contribution in [0.4, 0.5) is 0 Å². The molecule has 72 valence electrons. The normalized spacial score (nSPS) is 13.1. The summed E-state index contributed by atoms with van der Waals surface area (Å²) in [5.41, 5.74) is 1.53. The van der Waals surface area contributed by atoms with Crippen LogP contribution in [0.25, 0.3) is 0 Å². The highest BCUT2D eigenvalue weighted by Gasteiger charge is 1.95. The standard InChI is InChI=1S/C11H23N/c1-10(2)9-11(3)7-6-8-12(4)5/h7,10H,6,8-9H2,1-5H3/b11-7-. The van der Waals surface area contributed by atoms with Crippen molar-refractivity contribution < 1.29 is 0 Å². The molecule has 0 saturated carbocycles. The second kappa shape index (κ2) is 6.24. The van der Waals surface area contributed by atoms with E-state index < -0.39 is 0 Å². The smallest absolute Gasteiger partial charge is 0.000990 e. The maximum absolute atomic E-state index is 2.36. The lowest BCUT2D eigenvalue weighted by atomic mass is 10.0. The van der Waals surface area contributed by atoms with Gasteiger partial charge in [0.2, 0.25) is 0 Å². The maximum Gasteiger partial charge on any atom is 0.000990 e. The van der Waals surface area contributed by atoms with Crippen LogP contribution >= 0.6 is 0 Å². The quantitative estimate of drug-likeness (QED) is 0.572. The molecule has 0 aliphatic carbocycles. The molecular weight excluding hydrogens is 146 g/mol. The monoisotopic (exact) mass is 169 g/mol. The summed E-state index contributed by atoms with van der Waals surface area (Å²) in [5.74, 6) is 0.792. The van der Waals surface area contributed by atoms with Crippen LogP contribution in [0.3, 0.4) is 0 Å². The maximum atomic E-state index is 2.36. The first kappa shape index (κ1) is 11.7. The van der Waals surface area contributed by atoms with Crippen LogP contribution < -0.4 is 0 Å². The van der Waals surface area contributed by atoms with E-state index in [0.29, 0.717) is 0 Å². The molecule has 0 N–H and O–H groups in total. The fraction of sp³-hybridized carbons (Fsp3) is 0.818. The van der Waals surface area contributed by atoms with Crippen LogP contribution in [0.1, 0.15) is 33.6 Å². The van der Waals surface area contributed by atoms with Gasteiger partial charge in [-0.15, -0.1) is 0 Å². The molecule has 0 amide bonds. The third-order valence-electron chi connectivity index (χ3n) is 1.80. The summed E-state index contributed by atoms with van der Waals surface area (Å²) in [6.07, 6.45) is 4.79. The van der Waals surface area contributed by atoms with E-state index in [4.69, 9.17) is 0 Å². The van der Waals surface area contributed by atoms with Crippen molar-refractivity contribution in [2.24, 2.45) is 5.92 Å². The summed E-state index contributed by atoms with van der Waals surface area (Å²) in [5, 5.41) is 0. The molecule has 0 atom stereocenters. The van der Waals surface area contributed by atoms with Gasteiger partial charge in [0.1, 0.15) is 0 Å². The Labute approximate surface area is 77.5 Å². The van der Waals surface area contributed by atoms with E-state index in [1.807, 2.05) is 0 Å². The van der Waals surface area contributed by atoms with Gasteiger partial charge in [-0.25, -0.2) is 0 Å². The van der Waals surface area contributed by atoms with Crippen molar-refractivity contribution in [3.05, 3.63) is 11.6 Å². The predicted octanol–water partition coefficient (Wildman–Crippen LogP) is 2.93. The minimum Gasteiger partial charge on any atom is -0.309 e. The van der Waals surface area contributed by atoms with Gasteiger partial charge in [-0.1, -0.05) is 25.5 Å². The first-order valence-corrected chi connectivity index (χ1v) is 4.82. The lowest BCUT2D eigenvalue weighted by Gasteiger charge is -2.08. The second-order valence-corrected chi connectivity index (χ2v) is 4.24. The lowest BCUT2D eigenvalue weighted by Crippen LogP contribution is -2.12. The average Bonchev–Trinajstić information content (AvgIpc) is 1.84. The van der Waals surface area contributed by atoms with Gasteiger partial charge in [-0.05, 0) is 39.8 Å². The van der Waals surface area contributed by atoms with Gasteiger partial charge in [0.15, 0.2) is 0 Å². The topological polar surface area (TPSA) is 3.24 Å². The SMILES string of the molecule is C/C(=C/CCN(C)C)CC(C)C. The van der Waals surface area contributed by atoms with E-state index in [9.17, 15) is 0 Å². The third-order valence-corrected chi connectivity index (χ3v) is 1.80. The summed E-state index contributed by atoms with van der Waals surface area (Å²) in [6.45, 7) is 7.93. The van der Waals surface area contributed by atoms with Crippen LogP contribution in [-0.4, -0.2) is 25.5 Å². The van der Waals surface area contributed by atoms with E-state index in [0.717, 1.165) is 12.5 Å². The molecule has 0 unspecified atom stereocenters. The number of hydrogen-bond acceptors (Lipinski definition) is 1. The lowest BCUT2D eigenvalue weighted by molar-refractivity contribution is 0.416. The molecule has 0 bridgehead atoms. The molecule has 1 heteroatoms. The minimum absolute atomic E-state index is 0.792. The zero-order valence-electron chi connectivity index (χ0n) is 9.22. The first-order valence-electron chi connectivity index (χ1n) is 4.82. The minimum atomic E-state index is 0.792. The molecule has 0 saturated heterocycles. The van der Waals surface area contributed by atoms with E-state index in [1.54, 1.807) is 0 Å². The van der Waals surface area contributed by atoms with E-state index >= 15 is 0 Å². The number of nitrogens with zero attached hydrogens (tertiary/aromatic N) is 1. The molecule has 0 aliphatic rings. The molecule has 12 heavy (non-hydrogen) atoms. The third kappa shape index (κ3) is 7.80. The fourth-order valence-corrected chi connectivity index (χ4v) is 1.30. The molecule has 0 spiro atoms. The molecule has 0 aromatic heterocycles. The molecule has 0 aromatic rings. The van der Waals surface area contributed by atoms with Crippen LogP contribution in [0.5, 0.6) is 0 Å². The summed E-state index contributed by atoms with van der Waals surface area (Å²) in [6, 6.07) is 0. The van der Waals surface area contributed by atoms with Gasteiger partial charge in [-0.3, -0.25) is 0 Å². The van der Waals surface area contributed by atoms with Crippen molar-refractivity contribution in [3.8, 4) is 0 Å². The molecule has 0 aromatic carbocycles. The summed E-state index contributed by atoms with van der Waals surface area (Å²) in [7, 11) is 4.23. The highest BCUT2D eigenvalue weighted by atomic mass is 15.0. The Morgan fingerprint density at radius 1 is 1.33 bits per heavy atom. The number of hydrogen-bond donors (Lipinski definition) is 0. The second-order valence-electron chi connectivity index (χ2n) is 4.24. The van der Waals surface area contributed by atoms with Gasteiger partial charge < -0.3 is 4.90 Å². The summed E-state index contributed by atoms with van der Waals surface area (Å²) in [4.78, 5) is 2.22. The van der Waals surface area contributed by atoms with Crippen molar-refractivity contribution in [2.75, 3.05) is 20.6 Å². The summed E-state index contributed by atoms with van der Waals surface area (Å²) < 4.78 is 0.